The van der Waals surface area contributed by atoms with Crippen LogP contribution in [0.1, 0.15) is 42.7 Å². The van der Waals surface area contributed by atoms with E-state index in [1.165, 1.54) is 0 Å². The van der Waals surface area contributed by atoms with Gasteiger partial charge < -0.3 is 18.8 Å². The summed E-state index contributed by atoms with van der Waals surface area (Å²) in [5, 5.41) is 0.889. The summed E-state index contributed by atoms with van der Waals surface area (Å²) in [6.07, 6.45) is 0.870. The van der Waals surface area contributed by atoms with Gasteiger partial charge >= 0.3 is 11.9 Å². The van der Waals surface area contributed by atoms with Gasteiger partial charge in [0.15, 0.2) is 0 Å². The van der Waals surface area contributed by atoms with Gasteiger partial charge in [0, 0.05) is 23.9 Å². The number of ether oxygens (including phenoxy) is 3. The van der Waals surface area contributed by atoms with Crippen molar-refractivity contribution in [3.05, 3.63) is 65.9 Å². The minimum atomic E-state index is -0.378. The Hall–Kier alpha value is -3.28. The second kappa shape index (κ2) is 10.5. The smallest absolute Gasteiger partial charge is 0.354 e. The zero-order valence-electron chi connectivity index (χ0n) is 17.4. The summed E-state index contributed by atoms with van der Waals surface area (Å²) < 4.78 is 18.0. The fourth-order valence-electron chi connectivity index (χ4n) is 3.31. The summed E-state index contributed by atoms with van der Waals surface area (Å²) in [4.78, 5) is 24.1. The van der Waals surface area contributed by atoms with Gasteiger partial charge in [-0.3, -0.25) is 4.79 Å². The molecule has 3 rings (SSSR count). The van der Waals surface area contributed by atoms with Gasteiger partial charge in [-0.15, -0.1) is 0 Å². The summed E-state index contributed by atoms with van der Waals surface area (Å²) >= 11 is 0. The van der Waals surface area contributed by atoms with Crippen LogP contribution < -0.4 is 4.74 Å². The third kappa shape index (κ3) is 5.41. The van der Waals surface area contributed by atoms with E-state index >= 15 is 0 Å². The molecule has 0 spiro atoms. The van der Waals surface area contributed by atoms with Gasteiger partial charge in [-0.25, -0.2) is 4.79 Å². The van der Waals surface area contributed by atoms with Crippen LogP contribution >= 0.6 is 0 Å². The molecule has 0 aliphatic rings. The number of carbonyl (C=O) groups excluding carboxylic acids is 2. The zero-order chi connectivity index (χ0) is 21.3. The van der Waals surface area contributed by atoms with E-state index < -0.39 is 0 Å². The van der Waals surface area contributed by atoms with Crippen LogP contribution in [0.2, 0.25) is 0 Å². The molecule has 0 amide bonds. The van der Waals surface area contributed by atoms with E-state index in [2.05, 4.69) is 0 Å². The van der Waals surface area contributed by atoms with Gasteiger partial charge in [-0.05, 0) is 50.1 Å². The van der Waals surface area contributed by atoms with Crippen molar-refractivity contribution in [3.8, 4) is 5.75 Å². The molecule has 158 valence electrons. The SMILES string of the molecule is CCOC(=O)CCCn1c(C(=O)OCC)cc2cc(OCc3ccccc3)ccc21. The van der Waals surface area contributed by atoms with Crippen molar-refractivity contribution >= 4 is 22.8 Å². The molecule has 6 nitrogen and oxygen atoms in total. The molecule has 0 unspecified atom stereocenters. The van der Waals surface area contributed by atoms with Crippen molar-refractivity contribution in [1.82, 2.24) is 4.57 Å². The third-order valence-electron chi connectivity index (χ3n) is 4.67. The lowest BCUT2D eigenvalue weighted by atomic mass is 10.2. The van der Waals surface area contributed by atoms with Crippen LogP contribution in [0, 0.1) is 0 Å². The maximum absolute atomic E-state index is 12.5. The number of fused-ring (bicyclic) bond motifs is 1. The molecule has 6 heteroatoms. The van der Waals surface area contributed by atoms with Gasteiger partial charge in [0.2, 0.25) is 0 Å². The molecule has 0 fully saturated rings. The van der Waals surface area contributed by atoms with Crippen LogP contribution in [0.25, 0.3) is 10.9 Å². The predicted molar refractivity (Wildman–Crippen MR) is 115 cm³/mol. The molecule has 1 heterocycles. The maximum Gasteiger partial charge on any atom is 0.354 e. The Morgan fingerprint density at radius 1 is 0.933 bits per heavy atom. The first-order valence-corrected chi connectivity index (χ1v) is 10.2. The van der Waals surface area contributed by atoms with Crippen LogP contribution in [-0.2, 0) is 27.4 Å². The highest BCUT2D eigenvalue weighted by Gasteiger charge is 2.17. The Kier molecular flexibility index (Phi) is 7.49. The Labute approximate surface area is 176 Å². The van der Waals surface area contributed by atoms with Crippen LogP contribution in [0.4, 0.5) is 0 Å². The molecule has 0 saturated heterocycles. The van der Waals surface area contributed by atoms with Crippen molar-refractivity contribution in [2.75, 3.05) is 13.2 Å². The molecule has 0 aliphatic heterocycles. The van der Waals surface area contributed by atoms with Gasteiger partial charge in [-0.1, -0.05) is 30.3 Å². The van der Waals surface area contributed by atoms with Gasteiger partial charge in [0.25, 0.3) is 0 Å². The van der Waals surface area contributed by atoms with E-state index in [9.17, 15) is 9.59 Å². The maximum atomic E-state index is 12.5. The standard InChI is InChI=1S/C24H27NO5/c1-3-28-23(26)11-8-14-25-21-13-12-20(30-17-18-9-6-5-7-10-18)15-19(21)16-22(25)24(27)29-4-2/h5-7,9-10,12-13,15-16H,3-4,8,11,14,17H2,1-2H3. The molecule has 0 N–H and O–H groups in total. The summed E-state index contributed by atoms with van der Waals surface area (Å²) in [6, 6.07) is 17.5. The van der Waals surface area contributed by atoms with E-state index in [1.807, 2.05) is 59.2 Å². The highest BCUT2D eigenvalue weighted by molar-refractivity contribution is 5.96. The van der Waals surface area contributed by atoms with Crippen LogP contribution in [0.3, 0.4) is 0 Å². The number of hydrogen-bond donors (Lipinski definition) is 0. The van der Waals surface area contributed by atoms with Crippen LogP contribution in [0.15, 0.2) is 54.6 Å². The molecule has 1 aromatic heterocycles. The van der Waals surface area contributed by atoms with Crippen molar-refractivity contribution in [3.63, 3.8) is 0 Å². The molecule has 0 radical (unpaired) electrons. The average Bonchev–Trinajstić information content (AvgIpc) is 3.11. The Morgan fingerprint density at radius 2 is 1.70 bits per heavy atom. The minimum Gasteiger partial charge on any atom is -0.489 e. The molecular formula is C24H27NO5. The van der Waals surface area contributed by atoms with Crippen molar-refractivity contribution in [2.45, 2.75) is 39.8 Å². The van der Waals surface area contributed by atoms with Gasteiger partial charge in [0.1, 0.15) is 18.1 Å². The first kappa shape index (κ1) is 21.4. The van der Waals surface area contributed by atoms with Crippen molar-refractivity contribution in [1.29, 1.82) is 0 Å². The lowest BCUT2D eigenvalue weighted by Gasteiger charge is -2.11. The number of esters is 2. The first-order chi connectivity index (χ1) is 14.6. The zero-order valence-corrected chi connectivity index (χ0v) is 17.4. The monoisotopic (exact) mass is 409 g/mol. The summed E-state index contributed by atoms with van der Waals surface area (Å²) in [5.41, 5.74) is 2.45. The molecule has 0 bridgehead atoms. The predicted octanol–water partition coefficient (Wildman–Crippen LogP) is 4.74. The number of aryl methyl sites for hydroxylation is 1. The Morgan fingerprint density at radius 3 is 2.43 bits per heavy atom. The number of carbonyl (C=O) groups is 2. The highest BCUT2D eigenvalue weighted by Crippen LogP contribution is 2.26. The largest absolute Gasteiger partial charge is 0.489 e. The van der Waals surface area contributed by atoms with E-state index in [4.69, 9.17) is 14.2 Å². The molecule has 2 aromatic carbocycles. The quantitative estimate of drug-likeness (QED) is 0.453. The fourth-order valence-corrected chi connectivity index (χ4v) is 3.31. The summed E-state index contributed by atoms with van der Waals surface area (Å²) in [6.45, 7) is 5.21. The van der Waals surface area contributed by atoms with Crippen molar-refractivity contribution in [2.24, 2.45) is 0 Å². The molecular weight excluding hydrogens is 382 g/mol. The van der Waals surface area contributed by atoms with E-state index in [0.717, 1.165) is 22.2 Å². The van der Waals surface area contributed by atoms with Gasteiger partial charge in [0.05, 0.1) is 13.2 Å². The second-order valence-electron chi connectivity index (χ2n) is 6.81. The number of nitrogens with zero attached hydrogens (tertiary/aromatic N) is 1. The fraction of sp³-hybridized carbons (Fsp3) is 0.333. The topological polar surface area (TPSA) is 66.8 Å². The second-order valence-corrected chi connectivity index (χ2v) is 6.81. The van der Waals surface area contributed by atoms with Gasteiger partial charge in [-0.2, -0.15) is 0 Å². The molecule has 0 atom stereocenters. The van der Waals surface area contributed by atoms with E-state index in [-0.39, 0.29) is 11.9 Å². The summed E-state index contributed by atoms with van der Waals surface area (Å²) in [5.74, 6) is 0.116. The van der Waals surface area contributed by atoms with Crippen LogP contribution in [-0.4, -0.2) is 29.7 Å². The highest BCUT2D eigenvalue weighted by atomic mass is 16.5. The minimum absolute atomic E-state index is 0.233. The lowest BCUT2D eigenvalue weighted by Crippen LogP contribution is -2.13. The molecule has 3 aromatic rings. The number of aromatic nitrogens is 1. The Bertz CT molecular complexity index is 994. The summed E-state index contributed by atoms with van der Waals surface area (Å²) in [7, 11) is 0. The first-order valence-electron chi connectivity index (χ1n) is 10.2. The van der Waals surface area contributed by atoms with E-state index in [0.29, 0.717) is 44.9 Å². The molecule has 0 saturated carbocycles. The van der Waals surface area contributed by atoms with E-state index in [1.54, 1.807) is 13.8 Å². The molecule has 30 heavy (non-hydrogen) atoms. The van der Waals surface area contributed by atoms with Crippen molar-refractivity contribution < 1.29 is 23.8 Å². The number of hydrogen-bond acceptors (Lipinski definition) is 5. The lowest BCUT2D eigenvalue weighted by molar-refractivity contribution is -0.143. The van der Waals surface area contributed by atoms with Crippen LogP contribution in [0.5, 0.6) is 5.75 Å². The molecule has 0 aliphatic carbocycles. The Balaban J connectivity index is 1.80. The normalized spacial score (nSPS) is 10.7. The third-order valence-corrected chi connectivity index (χ3v) is 4.67. The average molecular weight is 409 g/mol. The number of benzene rings is 2. The number of rotatable bonds is 10.